The molecule has 2 atom stereocenters. The average molecular weight is 275 g/mol. The number of halogens is 1. The first-order valence-electron chi connectivity index (χ1n) is 7.35. The SMILES string of the molecule is CC1(C(=O)N2C[C@@H]3C[C@H]2c2cccc(F)c2O3)CCC1. The number of fused-ring (bicyclic) bond motifs is 4. The average Bonchev–Trinajstić information content (AvgIpc) is 2.75. The minimum absolute atomic E-state index is 0.00984. The van der Waals surface area contributed by atoms with Crippen LogP contribution in [0.2, 0.25) is 0 Å². The summed E-state index contributed by atoms with van der Waals surface area (Å²) in [5.41, 5.74) is 0.625. The van der Waals surface area contributed by atoms with Crippen molar-refractivity contribution >= 4 is 5.91 Å². The minimum Gasteiger partial charge on any atom is -0.485 e. The van der Waals surface area contributed by atoms with Gasteiger partial charge in [0.15, 0.2) is 11.6 Å². The van der Waals surface area contributed by atoms with E-state index in [0.717, 1.165) is 31.2 Å². The van der Waals surface area contributed by atoms with Gasteiger partial charge in [0, 0.05) is 17.4 Å². The first-order valence-corrected chi connectivity index (χ1v) is 7.35. The molecular weight excluding hydrogens is 257 g/mol. The van der Waals surface area contributed by atoms with E-state index in [9.17, 15) is 9.18 Å². The van der Waals surface area contributed by atoms with Crippen molar-refractivity contribution in [1.29, 1.82) is 0 Å². The molecule has 2 aliphatic heterocycles. The summed E-state index contributed by atoms with van der Waals surface area (Å²) in [7, 11) is 0. The number of carbonyl (C=O) groups excluding carboxylic acids is 1. The normalized spacial score (nSPS) is 29.4. The molecule has 1 amide bonds. The lowest BCUT2D eigenvalue weighted by Crippen LogP contribution is -2.46. The fraction of sp³-hybridized carbons (Fsp3) is 0.562. The van der Waals surface area contributed by atoms with Gasteiger partial charge in [0.05, 0.1) is 12.6 Å². The van der Waals surface area contributed by atoms with Gasteiger partial charge in [-0.1, -0.05) is 25.5 Å². The van der Waals surface area contributed by atoms with Gasteiger partial charge in [-0.05, 0) is 18.9 Å². The van der Waals surface area contributed by atoms with E-state index in [1.165, 1.54) is 6.07 Å². The molecule has 1 aliphatic carbocycles. The summed E-state index contributed by atoms with van der Waals surface area (Å²) in [4.78, 5) is 14.7. The van der Waals surface area contributed by atoms with Gasteiger partial charge in [-0.25, -0.2) is 4.39 Å². The van der Waals surface area contributed by atoms with E-state index in [4.69, 9.17) is 4.74 Å². The maximum atomic E-state index is 13.9. The first-order chi connectivity index (χ1) is 9.58. The monoisotopic (exact) mass is 275 g/mol. The van der Waals surface area contributed by atoms with Crippen molar-refractivity contribution in [2.24, 2.45) is 5.41 Å². The zero-order valence-electron chi connectivity index (χ0n) is 11.6. The Labute approximate surface area is 117 Å². The highest BCUT2D eigenvalue weighted by atomic mass is 19.1. The van der Waals surface area contributed by atoms with Gasteiger partial charge < -0.3 is 9.64 Å². The standard InChI is InChI=1S/C16H18FNO2/c1-16(6-3-7-16)15(19)18-9-10-8-13(18)11-4-2-5-12(17)14(11)20-10/h2,4-5,10,13H,3,6-9H2,1H3/t10-,13-/m0/s1. The molecule has 1 aromatic rings. The quantitative estimate of drug-likeness (QED) is 0.788. The number of hydrogen-bond donors (Lipinski definition) is 0. The van der Waals surface area contributed by atoms with Crippen molar-refractivity contribution in [1.82, 2.24) is 4.90 Å². The Morgan fingerprint density at radius 2 is 2.25 bits per heavy atom. The van der Waals surface area contributed by atoms with Crippen molar-refractivity contribution in [3.63, 3.8) is 0 Å². The van der Waals surface area contributed by atoms with Crippen molar-refractivity contribution in [2.45, 2.75) is 44.8 Å². The molecule has 0 unspecified atom stereocenters. The van der Waals surface area contributed by atoms with Crippen LogP contribution in [-0.2, 0) is 4.79 Å². The van der Waals surface area contributed by atoms with Crippen molar-refractivity contribution < 1.29 is 13.9 Å². The zero-order valence-corrected chi connectivity index (χ0v) is 11.6. The molecule has 0 spiro atoms. The van der Waals surface area contributed by atoms with Crippen LogP contribution in [0.4, 0.5) is 4.39 Å². The Morgan fingerprint density at radius 3 is 2.95 bits per heavy atom. The molecular formula is C16H18FNO2. The van der Waals surface area contributed by atoms with Crippen LogP contribution in [0.1, 0.15) is 44.2 Å². The number of likely N-dealkylation sites (tertiary alicyclic amines) is 1. The predicted octanol–water partition coefficient (Wildman–Crippen LogP) is 3.05. The van der Waals surface area contributed by atoms with E-state index in [0.29, 0.717) is 12.3 Å². The molecule has 4 rings (SSSR count). The largest absolute Gasteiger partial charge is 0.485 e. The molecule has 1 aromatic carbocycles. The number of carbonyl (C=O) groups is 1. The Hall–Kier alpha value is -1.58. The van der Waals surface area contributed by atoms with Gasteiger partial charge in [-0.15, -0.1) is 0 Å². The highest BCUT2D eigenvalue weighted by Crippen LogP contribution is 2.49. The zero-order chi connectivity index (χ0) is 13.9. The van der Waals surface area contributed by atoms with Gasteiger partial charge in [0.25, 0.3) is 0 Å². The Morgan fingerprint density at radius 1 is 1.45 bits per heavy atom. The third-order valence-electron chi connectivity index (χ3n) is 5.14. The van der Waals surface area contributed by atoms with E-state index < -0.39 is 0 Å². The molecule has 20 heavy (non-hydrogen) atoms. The summed E-state index contributed by atoms with van der Waals surface area (Å²) >= 11 is 0. The van der Waals surface area contributed by atoms with Gasteiger partial charge in [-0.3, -0.25) is 4.79 Å². The molecule has 3 aliphatic rings. The number of ether oxygens (including phenoxy) is 1. The topological polar surface area (TPSA) is 29.5 Å². The highest BCUT2D eigenvalue weighted by Gasteiger charge is 2.49. The third-order valence-corrected chi connectivity index (χ3v) is 5.14. The van der Waals surface area contributed by atoms with E-state index in [-0.39, 0.29) is 29.3 Å². The van der Waals surface area contributed by atoms with Crippen LogP contribution in [0.25, 0.3) is 0 Å². The molecule has 106 valence electrons. The summed E-state index contributed by atoms with van der Waals surface area (Å²) in [5.74, 6) is 0.251. The molecule has 2 fully saturated rings. The Balaban J connectivity index is 1.70. The molecule has 2 bridgehead atoms. The number of rotatable bonds is 1. The molecule has 0 N–H and O–H groups in total. The van der Waals surface area contributed by atoms with Crippen LogP contribution in [0.15, 0.2) is 18.2 Å². The lowest BCUT2D eigenvalue weighted by molar-refractivity contribution is -0.147. The lowest BCUT2D eigenvalue weighted by atomic mass is 9.69. The Kier molecular flexibility index (Phi) is 2.41. The molecule has 0 radical (unpaired) electrons. The van der Waals surface area contributed by atoms with Gasteiger partial charge in [-0.2, -0.15) is 0 Å². The van der Waals surface area contributed by atoms with E-state index in [1.807, 2.05) is 11.0 Å². The number of amides is 1. The third kappa shape index (κ3) is 1.54. The van der Waals surface area contributed by atoms with Gasteiger partial charge in [0.1, 0.15) is 6.10 Å². The van der Waals surface area contributed by atoms with Crippen LogP contribution in [-0.4, -0.2) is 23.5 Å². The van der Waals surface area contributed by atoms with Crippen LogP contribution < -0.4 is 4.74 Å². The molecule has 2 heterocycles. The molecule has 0 aromatic heterocycles. The minimum atomic E-state index is -0.318. The molecule has 4 heteroatoms. The van der Waals surface area contributed by atoms with E-state index in [1.54, 1.807) is 6.07 Å². The fourth-order valence-electron chi connectivity index (χ4n) is 3.75. The Bertz CT molecular complexity index is 582. The maximum Gasteiger partial charge on any atom is 0.229 e. The summed E-state index contributed by atoms with van der Waals surface area (Å²) < 4.78 is 19.6. The lowest BCUT2D eigenvalue weighted by Gasteiger charge is -2.41. The highest BCUT2D eigenvalue weighted by molar-refractivity contribution is 5.84. The second-order valence-corrected chi connectivity index (χ2v) is 6.52. The maximum absolute atomic E-state index is 13.9. The summed E-state index contributed by atoms with van der Waals surface area (Å²) in [6, 6.07) is 4.99. The fourth-order valence-corrected chi connectivity index (χ4v) is 3.75. The van der Waals surface area contributed by atoms with Gasteiger partial charge in [0.2, 0.25) is 5.91 Å². The predicted molar refractivity (Wildman–Crippen MR) is 71.8 cm³/mol. The van der Waals surface area contributed by atoms with Crippen LogP contribution in [0.5, 0.6) is 5.75 Å². The van der Waals surface area contributed by atoms with Crippen molar-refractivity contribution in [3.05, 3.63) is 29.6 Å². The van der Waals surface area contributed by atoms with Crippen LogP contribution in [0.3, 0.4) is 0 Å². The summed E-state index contributed by atoms with van der Waals surface area (Å²) in [5, 5.41) is 0. The number of para-hydroxylation sites is 1. The summed E-state index contributed by atoms with van der Waals surface area (Å²) in [6.07, 6.45) is 3.80. The van der Waals surface area contributed by atoms with Crippen molar-refractivity contribution in [3.8, 4) is 5.75 Å². The number of hydrogen-bond acceptors (Lipinski definition) is 2. The number of benzene rings is 1. The van der Waals surface area contributed by atoms with Gasteiger partial charge >= 0.3 is 0 Å². The molecule has 1 saturated heterocycles. The van der Waals surface area contributed by atoms with Crippen LogP contribution in [0, 0.1) is 11.2 Å². The number of nitrogens with zero attached hydrogens (tertiary/aromatic N) is 1. The molecule has 3 nitrogen and oxygen atoms in total. The molecule has 1 saturated carbocycles. The first kappa shape index (κ1) is 12.2. The smallest absolute Gasteiger partial charge is 0.229 e. The summed E-state index contributed by atoms with van der Waals surface area (Å²) in [6.45, 7) is 2.64. The van der Waals surface area contributed by atoms with E-state index >= 15 is 0 Å². The van der Waals surface area contributed by atoms with Crippen LogP contribution >= 0.6 is 0 Å². The van der Waals surface area contributed by atoms with E-state index in [2.05, 4.69) is 6.92 Å². The second-order valence-electron chi connectivity index (χ2n) is 6.52. The van der Waals surface area contributed by atoms with Crippen molar-refractivity contribution in [2.75, 3.05) is 6.54 Å². The second kappa shape index (κ2) is 3.96.